The number of benzene rings is 1. The van der Waals surface area contributed by atoms with Gasteiger partial charge < -0.3 is 10.2 Å². The maximum Gasteiger partial charge on any atom is 0.178 e. The smallest absolute Gasteiger partial charge is 0.178 e. The van der Waals surface area contributed by atoms with E-state index in [1.54, 1.807) is 0 Å². The van der Waals surface area contributed by atoms with Gasteiger partial charge in [-0.25, -0.2) is 0 Å². The van der Waals surface area contributed by atoms with Crippen LogP contribution in [0.25, 0.3) is 5.65 Å². The molecule has 3 aliphatic rings. The van der Waals surface area contributed by atoms with E-state index in [0.717, 1.165) is 42.8 Å². The lowest BCUT2D eigenvalue weighted by Crippen LogP contribution is -2.47. The van der Waals surface area contributed by atoms with Gasteiger partial charge in [0, 0.05) is 50.9 Å². The van der Waals surface area contributed by atoms with Crippen molar-refractivity contribution in [2.24, 2.45) is 5.92 Å². The molecular formula is C23H29N7. The van der Waals surface area contributed by atoms with Crippen molar-refractivity contribution < 1.29 is 0 Å². The highest BCUT2D eigenvalue weighted by molar-refractivity contribution is 5.49. The molecule has 7 nitrogen and oxygen atoms in total. The summed E-state index contributed by atoms with van der Waals surface area (Å²) in [7, 11) is 0. The molecule has 0 amide bonds. The van der Waals surface area contributed by atoms with E-state index in [1.807, 2.05) is 16.6 Å². The van der Waals surface area contributed by atoms with E-state index in [4.69, 9.17) is 5.10 Å². The second-order valence-electron chi connectivity index (χ2n) is 9.07. The molecule has 156 valence electrons. The van der Waals surface area contributed by atoms with Crippen molar-refractivity contribution in [3.05, 3.63) is 47.8 Å². The summed E-state index contributed by atoms with van der Waals surface area (Å²) in [6.07, 6.45) is 5.28. The summed E-state index contributed by atoms with van der Waals surface area (Å²) >= 11 is 0. The first-order valence-electron chi connectivity index (χ1n) is 11.3. The Labute approximate surface area is 177 Å². The molecule has 2 aliphatic carbocycles. The number of fused-ring (bicyclic) bond motifs is 1. The molecule has 3 aromatic rings. The average Bonchev–Trinajstić information content (AvgIpc) is 3.73. The summed E-state index contributed by atoms with van der Waals surface area (Å²) in [6, 6.07) is 12.9. The van der Waals surface area contributed by atoms with Crippen LogP contribution >= 0.6 is 0 Å². The molecule has 0 spiro atoms. The van der Waals surface area contributed by atoms with Crippen LogP contribution in [0.3, 0.4) is 0 Å². The minimum Gasteiger partial charge on any atom is -0.369 e. The Morgan fingerprint density at radius 1 is 0.867 bits per heavy atom. The lowest BCUT2D eigenvalue weighted by Gasteiger charge is -2.36. The van der Waals surface area contributed by atoms with Gasteiger partial charge in [-0.1, -0.05) is 12.1 Å². The van der Waals surface area contributed by atoms with Gasteiger partial charge in [-0.15, -0.1) is 15.3 Å². The average molecular weight is 404 g/mol. The molecule has 1 aromatic carbocycles. The maximum atomic E-state index is 4.70. The first-order chi connectivity index (χ1) is 14.8. The van der Waals surface area contributed by atoms with E-state index in [-0.39, 0.29) is 0 Å². The third-order valence-corrected chi connectivity index (χ3v) is 6.59. The highest BCUT2D eigenvalue weighted by Gasteiger charge is 2.29. The summed E-state index contributed by atoms with van der Waals surface area (Å²) in [4.78, 5) is 5.16. The van der Waals surface area contributed by atoms with Crippen LogP contribution in [-0.4, -0.2) is 57.4 Å². The molecule has 1 saturated heterocycles. The Morgan fingerprint density at radius 2 is 1.67 bits per heavy atom. The zero-order valence-corrected chi connectivity index (χ0v) is 17.4. The van der Waals surface area contributed by atoms with Gasteiger partial charge >= 0.3 is 0 Å². The molecule has 7 heteroatoms. The van der Waals surface area contributed by atoms with Crippen LogP contribution in [0, 0.1) is 5.92 Å². The van der Waals surface area contributed by atoms with Crippen molar-refractivity contribution in [2.45, 2.75) is 38.1 Å². The van der Waals surface area contributed by atoms with Crippen LogP contribution < -0.4 is 10.2 Å². The number of nitrogens with one attached hydrogen (secondary N) is 1. The molecule has 30 heavy (non-hydrogen) atoms. The third-order valence-electron chi connectivity index (χ3n) is 6.59. The zero-order valence-electron chi connectivity index (χ0n) is 17.4. The fraction of sp³-hybridized carbons (Fsp3) is 0.522. The lowest BCUT2D eigenvalue weighted by atomic mass is 10.1. The molecule has 1 aliphatic heterocycles. The van der Waals surface area contributed by atoms with Gasteiger partial charge in [0.25, 0.3) is 0 Å². The van der Waals surface area contributed by atoms with E-state index in [2.05, 4.69) is 49.6 Å². The summed E-state index contributed by atoms with van der Waals surface area (Å²) in [5.41, 5.74) is 3.42. The van der Waals surface area contributed by atoms with E-state index in [9.17, 15) is 0 Å². The van der Waals surface area contributed by atoms with E-state index in [0.29, 0.717) is 5.92 Å². The minimum absolute atomic E-state index is 0.533. The molecule has 1 N–H and O–H groups in total. The van der Waals surface area contributed by atoms with Gasteiger partial charge in [-0.05, 0) is 61.4 Å². The summed E-state index contributed by atoms with van der Waals surface area (Å²) in [5.74, 6) is 3.38. The van der Waals surface area contributed by atoms with Crippen molar-refractivity contribution in [2.75, 3.05) is 42.9 Å². The number of rotatable bonds is 7. The van der Waals surface area contributed by atoms with Gasteiger partial charge in [0.1, 0.15) is 5.82 Å². The molecule has 2 saturated carbocycles. The molecule has 0 bridgehead atoms. The Morgan fingerprint density at radius 3 is 2.40 bits per heavy atom. The van der Waals surface area contributed by atoms with Crippen LogP contribution in [-0.2, 0) is 6.54 Å². The Kier molecular flexibility index (Phi) is 4.56. The van der Waals surface area contributed by atoms with Crippen molar-refractivity contribution in [3.8, 4) is 0 Å². The van der Waals surface area contributed by atoms with Gasteiger partial charge in [-0.3, -0.25) is 4.90 Å². The molecule has 0 radical (unpaired) electrons. The molecule has 0 unspecified atom stereocenters. The number of hydrogen-bond donors (Lipinski definition) is 1. The Bertz CT molecular complexity index is 1010. The number of hydrogen-bond acceptors (Lipinski definition) is 6. The van der Waals surface area contributed by atoms with Crippen molar-refractivity contribution >= 4 is 17.2 Å². The van der Waals surface area contributed by atoms with E-state index < -0.39 is 0 Å². The van der Waals surface area contributed by atoms with Crippen molar-refractivity contribution in [1.29, 1.82) is 0 Å². The van der Waals surface area contributed by atoms with Crippen molar-refractivity contribution in [3.63, 3.8) is 0 Å². The standard InChI is InChI=1S/C23H29N7/c1-2-18(1)16-28-11-13-29(14-12-28)20-7-3-17(4-8-20)15-24-21-9-10-22-25-26-23(19-5-6-19)30(22)27-21/h3-4,7-10,18-19H,1-2,5-6,11-16H2,(H,24,27). The summed E-state index contributed by atoms with van der Waals surface area (Å²) < 4.78 is 1.89. The Balaban J connectivity index is 1.06. The maximum absolute atomic E-state index is 4.70. The molecular weight excluding hydrogens is 374 g/mol. The predicted octanol–water partition coefficient (Wildman–Crippen LogP) is 3.15. The van der Waals surface area contributed by atoms with Gasteiger partial charge in [0.05, 0.1) is 0 Å². The normalized spacial score (nSPS) is 20.1. The van der Waals surface area contributed by atoms with Gasteiger partial charge in [0.2, 0.25) is 0 Å². The van der Waals surface area contributed by atoms with Crippen LogP contribution in [0.1, 0.15) is 43.0 Å². The topological polar surface area (TPSA) is 61.6 Å². The van der Waals surface area contributed by atoms with E-state index in [1.165, 1.54) is 56.6 Å². The highest BCUT2D eigenvalue weighted by atomic mass is 15.4. The molecule has 3 heterocycles. The molecule has 3 fully saturated rings. The van der Waals surface area contributed by atoms with Crippen LogP contribution in [0.5, 0.6) is 0 Å². The van der Waals surface area contributed by atoms with Crippen molar-refractivity contribution in [1.82, 2.24) is 24.7 Å². The predicted molar refractivity (Wildman–Crippen MR) is 118 cm³/mol. The number of aromatic nitrogens is 4. The Hall–Kier alpha value is -2.67. The first-order valence-corrected chi connectivity index (χ1v) is 11.3. The largest absolute Gasteiger partial charge is 0.369 e. The van der Waals surface area contributed by atoms with Crippen LogP contribution in [0.4, 0.5) is 11.5 Å². The SMILES string of the molecule is c1cc(N2CCN(CC3CC3)CC2)ccc1CNc1ccc2nnc(C3CC3)n2n1. The number of nitrogens with zero attached hydrogens (tertiary/aromatic N) is 6. The van der Waals surface area contributed by atoms with Gasteiger partial charge in [-0.2, -0.15) is 4.52 Å². The molecule has 6 rings (SSSR count). The number of anilines is 2. The monoisotopic (exact) mass is 403 g/mol. The fourth-order valence-corrected chi connectivity index (χ4v) is 4.37. The van der Waals surface area contributed by atoms with Gasteiger partial charge in [0.15, 0.2) is 11.5 Å². The lowest BCUT2D eigenvalue weighted by molar-refractivity contribution is 0.248. The summed E-state index contributed by atoms with van der Waals surface area (Å²) in [6.45, 7) is 6.73. The minimum atomic E-state index is 0.533. The second-order valence-corrected chi connectivity index (χ2v) is 9.07. The number of piperazine rings is 1. The molecule has 0 atom stereocenters. The third kappa shape index (κ3) is 3.86. The van der Waals surface area contributed by atoms with E-state index >= 15 is 0 Å². The molecule has 2 aromatic heterocycles. The fourth-order valence-electron chi connectivity index (χ4n) is 4.37. The zero-order chi connectivity index (χ0) is 19.9. The first kappa shape index (κ1) is 18.1. The summed E-state index contributed by atoms with van der Waals surface area (Å²) in [5, 5.41) is 16.7. The van der Waals surface area contributed by atoms with Crippen LogP contribution in [0.15, 0.2) is 36.4 Å². The van der Waals surface area contributed by atoms with Crippen LogP contribution in [0.2, 0.25) is 0 Å². The highest BCUT2D eigenvalue weighted by Crippen LogP contribution is 2.38. The quantitative estimate of drug-likeness (QED) is 0.654. The second kappa shape index (κ2) is 7.54.